The summed E-state index contributed by atoms with van der Waals surface area (Å²) in [4.78, 5) is 18.1. The maximum absolute atomic E-state index is 13.5. The van der Waals surface area contributed by atoms with Gasteiger partial charge in [-0.25, -0.2) is 0 Å². The molecule has 2 atom stereocenters. The average Bonchev–Trinajstić information content (AvgIpc) is 3.10. The van der Waals surface area contributed by atoms with E-state index in [-0.39, 0.29) is 25.5 Å². The van der Waals surface area contributed by atoms with Crippen LogP contribution in [0.5, 0.6) is 0 Å². The Kier molecular flexibility index (Phi) is 5.52. The van der Waals surface area contributed by atoms with E-state index in [1.54, 1.807) is 16.7 Å². The third-order valence-corrected chi connectivity index (χ3v) is 5.09. The number of hydrogen-bond donors (Lipinski definition) is 0. The van der Waals surface area contributed by atoms with Gasteiger partial charge < -0.3 is 14.2 Å². The first-order valence-electron chi connectivity index (χ1n) is 8.79. The van der Waals surface area contributed by atoms with Crippen LogP contribution in [0.4, 0.5) is 13.2 Å². The molecule has 1 amide bonds. The van der Waals surface area contributed by atoms with Crippen molar-refractivity contribution in [1.82, 2.24) is 24.9 Å². The molecule has 1 aromatic rings. The molecule has 1 aromatic heterocycles. The highest BCUT2D eigenvalue weighted by Crippen LogP contribution is 2.39. The number of rotatable bonds is 3. The fourth-order valence-corrected chi connectivity index (χ4v) is 3.69. The Morgan fingerprint density at radius 3 is 2.62 bits per heavy atom. The summed E-state index contributed by atoms with van der Waals surface area (Å²) in [7, 11) is 1.95. The van der Waals surface area contributed by atoms with Crippen LogP contribution in [-0.4, -0.2) is 83.3 Å². The van der Waals surface area contributed by atoms with E-state index in [0.29, 0.717) is 25.5 Å². The molecule has 2 saturated heterocycles. The summed E-state index contributed by atoms with van der Waals surface area (Å²) in [6, 6.07) is 0. The molecule has 7 nitrogen and oxygen atoms in total. The minimum absolute atomic E-state index is 0.0524. The molecule has 10 heteroatoms. The van der Waals surface area contributed by atoms with Gasteiger partial charge in [-0.05, 0) is 20.0 Å². The molecule has 0 spiro atoms. The van der Waals surface area contributed by atoms with Crippen LogP contribution in [0.3, 0.4) is 0 Å². The number of likely N-dealkylation sites (N-methyl/N-ethyl adjacent to an activating group) is 1. The van der Waals surface area contributed by atoms with E-state index in [0.717, 1.165) is 13.0 Å². The lowest BCUT2D eigenvalue weighted by Crippen LogP contribution is -2.44. The normalized spacial score (nSPS) is 26.3. The number of aryl methyl sites for hydroxylation is 1. The molecule has 2 fully saturated rings. The maximum atomic E-state index is 13.5. The molecule has 0 unspecified atom stereocenters. The SMILES string of the molecule is Cc1nnc(CN2C[C@@H](C(F)(F)F)[C@H](C(=O)N3CCCN(C)CC3)C2)o1. The van der Waals surface area contributed by atoms with Gasteiger partial charge in [0.25, 0.3) is 0 Å². The van der Waals surface area contributed by atoms with Crippen molar-refractivity contribution in [3.8, 4) is 0 Å². The van der Waals surface area contributed by atoms with E-state index in [1.807, 2.05) is 7.05 Å². The Morgan fingerprint density at radius 1 is 1.19 bits per heavy atom. The van der Waals surface area contributed by atoms with E-state index >= 15 is 0 Å². The highest BCUT2D eigenvalue weighted by atomic mass is 19.4. The van der Waals surface area contributed by atoms with E-state index in [1.165, 1.54) is 0 Å². The van der Waals surface area contributed by atoms with Gasteiger partial charge in [-0.1, -0.05) is 0 Å². The van der Waals surface area contributed by atoms with E-state index in [4.69, 9.17) is 4.42 Å². The monoisotopic (exact) mass is 375 g/mol. The minimum atomic E-state index is -4.41. The summed E-state index contributed by atoms with van der Waals surface area (Å²) < 4.78 is 45.9. The lowest BCUT2D eigenvalue weighted by molar-refractivity contribution is -0.186. The van der Waals surface area contributed by atoms with E-state index in [9.17, 15) is 18.0 Å². The molecule has 0 N–H and O–H groups in total. The van der Waals surface area contributed by atoms with Gasteiger partial charge in [0, 0.05) is 39.6 Å². The van der Waals surface area contributed by atoms with Crippen LogP contribution in [0.15, 0.2) is 4.42 Å². The third-order valence-electron chi connectivity index (χ3n) is 5.09. The van der Waals surface area contributed by atoms with Crippen LogP contribution in [-0.2, 0) is 11.3 Å². The van der Waals surface area contributed by atoms with Crippen molar-refractivity contribution >= 4 is 5.91 Å². The molecule has 3 rings (SSSR count). The second-order valence-electron chi connectivity index (χ2n) is 7.15. The number of alkyl halides is 3. The molecule has 2 aliphatic heterocycles. The van der Waals surface area contributed by atoms with Crippen molar-refractivity contribution in [2.24, 2.45) is 11.8 Å². The predicted octanol–water partition coefficient (Wildman–Crippen LogP) is 1.15. The molecule has 0 bridgehead atoms. The Morgan fingerprint density at radius 2 is 1.96 bits per heavy atom. The van der Waals surface area contributed by atoms with Gasteiger partial charge in [0.15, 0.2) is 0 Å². The number of carbonyl (C=O) groups excluding carboxylic acids is 1. The second kappa shape index (κ2) is 7.51. The molecule has 146 valence electrons. The van der Waals surface area contributed by atoms with Gasteiger partial charge in [0.1, 0.15) is 0 Å². The number of nitrogens with zero attached hydrogens (tertiary/aromatic N) is 5. The van der Waals surface area contributed by atoms with Gasteiger partial charge in [-0.15, -0.1) is 10.2 Å². The largest absolute Gasteiger partial charge is 0.424 e. The zero-order valence-electron chi connectivity index (χ0n) is 15.0. The zero-order valence-corrected chi connectivity index (χ0v) is 15.0. The van der Waals surface area contributed by atoms with Crippen molar-refractivity contribution in [3.63, 3.8) is 0 Å². The third kappa shape index (κ3) is 4.35. The van der Waals surface area contributed by atoms with Crippen molar-refractivity contribution in [2.45, 2.75) is 26.1 Å². The zero-order chi connectivity index (χ0) is 18.9. The predicted molar refractivity (Wildman–Crippen MR) is 86.0 cm³/mol. The molecule has 2 aliphatic rings. The van der Waals surface area contributed by atoms with Crippen LogP contribution in [0.25, 0.3) is 0 Å². The van der Waals surface area contributed by atoms with Crippen LogP contribution in [0.1, 0.15) is 18.2 Å². The highest BCUT2D eigenvalue weighted by molar-refractivity contribution is 5.80. The summed E-state index contributed by atoms with van der Waals surface area (Å²) in [6.45, 7) is 4.08. The van der Waals surface area contributed by atoms with E-state index < -0.39 is 23.9 Å². The van der Waals surface area contributed by atoms with Crippen LogP contribution in [0, 0.1) is 18.8 Å². The lowest BCUT2D eigenvalue weighted by atomic mass is 9.94. The van der Waals surface area contributed by atoms with Crippen LogP contribution < -0.4 is 0 Å². The quantitative estimate of drug-likeness (QED) is 0.790. The molecular formula is C16H24F3N5O2. The second-order valence-corrected chi connectivity index (χ2v) is 7.15. The summed E-state index contributed by atoms with van der Waals surface area (Å²) in [5.41, 5.74) is 0. The first-order chi connectivity index (χ1) is 12.2. The van der Waals surface area contributed by atoms with Gasteiger partial charge in [-0.3, -0.25) is 9.69 Å². The highest BCUT2D eigenvalue weighted by Gasteiger charge is 2.53. The Labute approximate surface area is 150 Å². The average molecular weight is 375 g/mol. The van der Waals surface area contributed by atoms with Gasteiger partial charge >= 0.3 is 6.18 Å². The summed E-state index contributed by atoms with van der Waals surface area (Å²) >= 11 is 0. The molecule has 26 heavy (non-hydrogen) atoms. The fourth-order valence-electron chi connectivity index (χ4n) is 3.69. The van der Waals surface area contributed by atoms with Gasteiger partial charge in [-0.2, -0.15) is 13.2 Å². The van der Waals surface area contributed by atoms with Crippen LogP contribution >= 0.6 is 0 Å². The number of halogens is 3. The maximum Gasteiger partial charge on any atom is 0.393 e. The standard InChI is InChI=1S/C16H24F3N5O2/c1-11-20-21-14(26-11)10-23-8-12(13(9-23)16(17,18)19)15(25)24-5-3-4-22(2)6-7-24/h12-13H,3-10H2,1-2H3/t12-,13-/m1/s1. The topological polar surface area (TPSA) is 65.7 Å². The number of hydrogen-bond acceptors (Lipinski definition) is 6. The summed E-state index contributed by atoms with van der Waals surface area (Å²) in [5.74, 6) is -2.50. The molecule has 0 aromatic carbocycles. The summed E-state index contributed by atoms with van der Waals surface area (Å²) in [6.07, 6.45) is -3.64. The minimum Gasteiger partial charge on any atom is -0.424 e. The van der Waals surface area contributed by atoms with Crippen molar-refractivity contribution in [2.75, 3.05) is 46.3 Å². The molecule has 0 radical (unpaired) electrons. The van der Waals surface area contributed by atoms with Crippen molar-refractivity contribution < 1.29 is 22.4 Å². The fraction of sp³-hybridized carbons (Fsp3) is 0.812. The molecule has 0 aliphatic carbocycles. The van der Waals surface area contributed by atoms with E-state index in [2.05, 4.69) is 15.1 Å². The Hall–Kier alpha value is -1.68. The molecular weight excluding hydrogens is 351 g/mol. The molecule has 3 heterocycles. The number of carbonyl (C=O) groups is 1. The number of aromatic nitrogens is 2. The van der Waals surface area contributed by atoms with Gasteiger partial charge in [0.05, 0.1) is 18.4 Å². The van der Waals surface area contributed by atoms with Crippen molar-refractivity contribution in [3.05, 3.63) is 11.8 Å². The first-order valence-corrected chi connectivity index (χ1v) is 8.79. The first kappa shape index (κ1) is 19.1. The smallest absolute Gasteiger partial charge is 0.393 e. The van der Waals surface area contributed by atoms with Crippen molar-refractivity contribution in [1.29, 1.82) is 0 Å². The Balaban J connectivity index is 1.71. The Bertz CT molecular complexity index is 636. The van der Waals surface area contributed by atoms with Crippen LogP contribution in [0.2, 0.25) is 0 Å². The lowest BCUT2D eigenvalue weighted by Gasteiger charge is -2.27. The number of likely N-dealkylation sites (tertiary alicyclic amines) is 1. The van der Waals surface area contributed by atoms with Gasteiger partial charge in [0.2, 0.25) is 17.7 Å². The number of amides is 1. The summed E-state index contributed by atoms with van der Waals surface area (Å²) in [5, 5.41) is 7.53. The molecule has 0 saturated carbocycles.